The van der Waals surface area contributed by atoms with E-state index < -0.39 is 22.0 Å². The second-order valence-corrected chi connectivity index (χ2v) is 9.49. The van der Waals surface area contributed by atoms with Crippen LogP contribution in [0.2, 0.25) is 10.0 Å². The lowest BCUT2D eigenvalue weighted by Crippen LogP contribution is -2.47. The van der Waals surface area contributed by atoms with Crippen molar-refractivity contribution >= 4 is 55.6 Å². The molecule has 0 fully saturated rings. The van der Waals surface area contributed by atoms with Crippen molar-refractivity contribution in [2.45, 2.75) is 19.5 Å². The number of sulfonamides is 1. The van der Waals surface area contributed by atoms with Crippen molar-refractivity contribution in [3.8, 4) is 0 Å². The summed E-state index contributed by atoms with van der Waals surface area (Å²) in [5.74, 6) is -0.431. The summed E-state index contributed by atoms with van der Waals surface area (Å²) < 4.78 is 25.8. The maximum absolute atomic E-state index is 12.7. The molecule has 0 bridgehead atoms. The molecule has 1 atom stereocenters. The van der Waals surface area contributed by atoms with Crippen LogP contribution in [0.1, 0.15) is 12.5 Å². The number of nitrogens with zero attached hydrogens (tertiary/aromatic N) is 1. The van der Waals surface area contributed by atoms with Crippen LogP contribution in [0.3, 0.4) is 0 Å². The summed E-state index contributed by atoms with van der Waals surface area (Å²) in [4.78, 5) is 12.7. The van der Waals surface area contributed by atoms with Gasteiger partial charge in [-0.15, -0.1) is 0 Å². The summed E-state index contributed by atoms with van der Waals surface area (Å²) in [6.07, 6.45) is 1.04. The van der Waals surface area contributed by atoms with Crippen molar-refractivity contribution in [2.75, 3.05) is 10.6 Å². The summed E-state index contributed by atoms with van der Waals surface area (Å²) in [7, 11) is -3.75. The molecule has 0 saturated carbocycles. The Bertz CT molecular complexity index is 1150. The number of anilines is 1. The first-order chi connectivity index (χ1) is 13.6. The third-order valence-corrected chi connectivity index (χ3v) is 6.15. The van der Waals surface area contributed by atoms with Gasteiger partial charge in [0.05, 0.1) is 11.9 Å². The molecule has 0 aliphatic heterocycles. The molecule has 8 heteroatoms. The number of carbonyl (C=O) groups excluding carboxylic acids is 1. The molecule has 0 radical (unpaired) electrons. The zero-order chi connectivity index (χ0) is 21.2. The number of benzene rings is 3. The Morgan fingerprint density at radius 1 is 1.00 bits per heavy atom. The SMILES string of the molecule is CC(C(=O)NCc1ccc2ccccc2c1)N(c1cc(Cl)cc(Cl)c1)S(C)(=O)=O. The predicted molar refractivity (Wildman–Crippen MR) is 119 cm³/mol. The fourth-order valence-corrected chi connectivity index (χ4v) is 4.83. The van der Waals surface area contributed by atoms with Crippen molar-refractivity contribution in [2.24, 2.45) is 0 Å². The predicted octanol–water partition coefficient (Wildman–Crippen LogP) is 4.62. The number of halogens is 2. The molecule has 0 aliphatic carbocycles. The molecule has 1 N–H and O–H groups in total. The fourth-order valence-electron chi connectivity index (χ4n) is 3.16. The number of rotatable bonds is 6. The lowest BCUT2D eigenvalue weighted by Gasteiger charge is -2.28. The van der Waals surface area contributed by atoms with Crippen LogP contribution >= 0.6 is 23.2 Å². The van der Waals surface area contributed by atoms with Crippen LogP contribution in [-0.2, 0) is 21.4 Å². The van der Waals surface area contributed by atoms with Crippen LogP contribution in [0.4, 0.5) is 5.69 Å². The fraction of sp³-hybridized carbons (Fsp3) is 0.190. The van der Waals surface area contributed by atoms with Gasteiger partial charge in [-0.3, -0.25) is 9.10 Å². The minimum absolute atomic E-state index is 0.235. The Kier molecular flexibility index (Phi) is 6.36. The summed E-state index contributed by atoms with van der Waals surface area (Å²) in [6.45, 7) is 1.80. The highest BCUT2D eigenvalue weighted by molar-refractivity contribution is 7.92. The molecule has 0 aromatic heterocycles. The number of carbonyl (C=O) groups is 1. The van der Waals surface area contributed by atoms with Crippen LogP contribution in [0.5, 0.6) is 0 Å². The van der Waals surface area contributed by atoms with E-state index in [9.17, 15) is 13.2 Å². The minimum Gasteiger partial charge on any atom is -0.350 e. The van der Waals surface area contributed by atoms with Gasteiger partial charge in [-0.2, -0.15) is 0 Å². The van der Waals surface area contributed by atoms with Gasteiger partial charge in [-0.25, -0.2) is 8.42 Å². The second kappa shape index (κ2) is 8.61. The first-order valence-electron chi connectivity index (χ1n) is 8.86. The van der Waals surface area contributed by atoms with E-state index >= 15 is 0 Å². The topological polar surface area (TPSA) is 66.5 Å². The van der Waals surface area contributed by atoms with Gasteiger partial charge < -0.3 is 5.32 Å². The van der Waals surface area contributed by atoms with Gasteiger partial charge >= 0.3 is 0 Å². The Balaban J connectivity index is 1.80. The molecule has 0 aliphatic rings. The van der Waals surface area contributed by atoms with E-state index in [4.69, 9.17) is 23.2 Å². The van der Waals surface area contributed by atoms with Crippen LogP contribution in [0.15, 0.2) is 60.7 Å². The molecule has 1 amide bonds. The lowest BCUT2D eigenvalue weighted by atomic mass is 10.1. The van der Waals surface area contributed by atoms with Crippen molar-refractivity contribution in [1.82, 2.24) is 5.32 Å². The number of amides is 1. The van der Waals surface area contributed by atoms with Crippen LogP contribution in [0.25, 0.3) is 10.8 Å². The number of nitrogens with one attached hydrogen (secondary N) is 1. The molecule has 3 aromatic carbocycles. The minimum atomic E-state index is -3.75. The number of hydrogen-bond acceptors (Lipinski definition) is 3. The first-order valence-corrected chi connectivity index (χ1v) is 11.5. The Hall–Kier alpha value is -2.28. The molecule has 3 rings (SSSR count). The standard InChI is InChI=1S/C21H20Cl2N2O3S/c1-14(25(29(2,27)28)20-11-18(22)10-19(23)12-20)21(26)24-13-15-7-8-16-5-3-4-6-17(16)9-15/h3-12,14H,13H2,1-2H3,(H,24,26). The van der Waals surface area contributed by atoms with Crippen LogP contribution in [-0.4, -0.2) is 26.6 Å². The van der Waals surface area contributed by atoms with E-state index in [1.54, 1.807) is 0 Å². The third-order valence-electron chi connectivity index (χ3n) is 4.47. The first kappa shape index (κ1) is 21.4. The Morgan fingerprint density at radius 3 is 2.24 bits per heavy atom. The highest BCUT2D eigenvalue weighted by Gasteiger charge is 2.29. The van der Waals surface area contributed by atoms with Gasteiger partial charge in [0.25, 0.3) is 0 Å². The quantitative estimate of drug-likeness (QED) is 0.595. The van der Waals surface area contributed by atoms with Gasteiger partial charge in [0.15, 0.2) is 0 Å². The summed E-state index contributed by atoms with van der Waals surface area (Å²) >= 11 is 12.0. The normalized spacial score (nSPS) is 12.6. The van der Waals surface area contributed by atoms with Gasteiger partial charge in [-0.05, 0) is 47.5 Å². The maximum atomic E-state index is 12.7. The Morgan fingerprint density at radius 2 is 1.62 bits per heavy atom. The summed E-state index contributed by atoms with van der Waals surface area (Å²) in [5, 5.41) is 5.55. The monoisotopic (exact) mass is 450 g/mol. The molecule has 3 aromatic rings. The van der Waals surface area contributed by atoms with Crippen molar-refractivity contribution in [3.05, 3.63) is 76.3 Å². The molecule has 29 heavy (non-hydrogen) atoms. The average molecular weight is 451 g/mol. The molecule has 0 heterocycles. The van der Waals surface area contributed by atoms with Crippen LogP contribution in [0, 0.1) is 0 Å². The van der Waals surface area contributed by atoms with E-state index in [1.165, 1.54) is 25.1 Å². The summed E-state index contributed by atoms with van der Waals surface area (Å²) in [5.41, 5.74) is 1.15. The summed E-state index contributed by atoms with van der Waals surface area (Å²) in [6, 6.07) is 17.3. The van der Waals surface area contributed by atoms with Gasteiger partial charge in [0.1, 0.15) is 6.04 Å². The van der Waals surface area contributed by atoms with Crippen LogP contribution < -0.4 is 9.62 Å². The average Bonchev–Trinajstić information content (AvgIpc) is 2.64. The van der Waals surface area contributed by atoms with Gasteiger partial charge in [0.2, 0.25) is 15.9 Å². The molecule has 1 unspecified atom stereocenters. The van der Waals surface area contributed by atoms with E-state index in [0.29, 0.717) is 0 Å². The molecule has 5 nitrogen and oxygen atoms in total. The molecular weight excluding hydrogens is 431 g/mol. The number of hydrogen-bond donors (Lipinski definition) is 1. The zero-order valence-corrected chi connectivity index (χ0v) is 18.2. The largest absolute Gasteiger partial charge is 0.350 e. The molecule has 152 valence electrons. The molecule has 0 spiro atoms. The number of fused-ring (bicyclic) bond motifs is 1. The van der Waals surface area contributed by atoms with Crippen molar-refractivity contribution < 1.29 is 13.2 Å². The van der Waals surface area contributed by atoms with Crippen molar-refractivity contribution in [1.29, 1.82) is 0 Å². The molecular formula is C21H20Cl2N2O3S. The Labute approximate surface area is 180 Å². The lowest BCUT2D eigenvalue weighted by molar-refractivity contribution is -0.122. The van der Waals surface area contributed by atoms with E-state index in [2.05, 4.69) is 5.32 Å². The van der Waals surface area contributed by atoms with Gasteiger partial charge in [-0.1, -0.05) is 59.6 Å². The highest BCUT2D eigenvalue weighted by Crippen LogP contribution is 2.28. The van der Waals surface area contributed by atoms with E-state index in [1.807, 2.05) is 42.5 Å². The zero-order valence-electron chi connectivity index (χ0n) is 15.9. The van der Waals surface area contributed by atoms with E-state index in [-0.39, 0.29) is 22.3 Å². The smallest absolute Gasteiger partial charge is 0.243 e. The molecule has 0 saturated heterocycles. The van der Waals surface area contributed by atoms with E-state index in [0.717, 1.165) is 26.9 Å². The highest BCUT2D eigenvalue weighted by atomic mass is 35.5. The third kappa shape index (κ3) is 5.21. The second-order valence-electron chi connectivity index (χ2n) is 6.76. The van der Waals surface area contributed by atoms with Gasteiger partial charge in [0, 0.05) is 16.6 Å². The maximum Gasteiger partial charge on any atom is 0.243 e. The van der Waals surface area contributed by atoms with Crippen molar-refractivity contribution in [3.63, 3.8) is 0 Å².